The van der Waals surface area contributed by atoms with Crippen LogP contribution in [0.3, 0.4) is 0 Å². The van der Waals surface area contributed by atoms with Gasteiger partial charge in [-0.05, 0) is 27.4 Å². The van der Waals surface area contributed by atoms with E-state index in [2.05, 4.69) is 6.58 Å². The summed E-state index contributed by atoms with van der Waals surface area (Å²) in [4.78, 5) is 0. The summed E-state index contributed by atoms with van der Waals surface area (Å²) in [5.74, 6) is -1.76. The minimum Gasteiger partial charge on any atom is -0.493 e. The molecule has 136 valence electrons. The van der Waals surface area contributed by atoms with Crippen molar-refractivity contribution in [1.29, 1.82) is 0 Å². The van der Waals surface area contributed by atoms with Crippen molar-refractivity contribution in [2.24, 2.45) is 0 Å². The molecule has 0 aliphatic carbocycles. The highest BCUT2D eigenvalue weighted by Gasteiger charge is 2.51. The lowest BCUT2D eigenvalue weighted by molar-refractivity contribution is -0.343. The molecule has 1 unspecified atom stereocenters. The highest BCUT2D eigenvalue weighted by atomic mass is 16.8. The Morgan fingerprint density at radius 1 is 1.28 bits per heavy atom. The number of hydrogen-bond acceptors (Lipinski definition) is 6. The van der Waals surface area contributed by atoms with Crippen molar-refractivity contribution in [3.8, 4) is 0 Å². The Kier molecular flexibility index (Phi) is 4.77. The Bertz CT molecular complexity index is 635. The van der Waals surface area contributed by atoms with Crippen LogP contribution in [0.1, 0.15) is 32.6 Å². The fourth-order valence-corrected chi connectivity index (χ4v) is 2.76. The van der Waals surface area contributed by atoms with E-state index in [-0.39, 0.29) is 12.6 Å². The first-order valence-corrected chi connectivity index (χ1v) is 8.21. The number of rotatable bonds is 4. The lowest BCUT2D eigenvalue weighted by Gasteiger charge is -2.44. The highest BCUT2D eigenvalue weighted by Crippen LogP contribution is 2.37. The van der Waals surface area contributed by atoms with Gasteiger partial charge >= 0.3 is 0 Å². The Hall–Kier alpha value is -2.02. The third-order valence-electron chi connectivity index (χ3n) is 3.76. The smallest absolute Gasteiger partial charge is 0.274 e. The summed E-state index contributed by atoms with van der Waals surface area (Å²) in [6.45, 7) is 9.58. The van der Waals surface area contributed by atoms with Crippen LogP contribution in [0, 0.1) is 0 Å². The van der Waals surface area contributed by atoms with Gasteiger partial charge in [0.1, 0.15) is 5.60 Å². The van der Waals surface area contributed by atoms with Gasteiger partial charge in [-0.15, -0.1) is 0 Å². The van der Waals surface area contributed by atoms with Crippen molar-refractivity contribution >= 4 is 0 Å². The fraction of sp³-hybridized carbons (Fsp3) is 0.474. The van der Waals surface area contributed by atoms with E-state index in [1.165, 1.54) is 12.3 Å². The highest BCUT2D eigenvalue weighted by molar-refractivity contribution is 5.17. The summed E-state index contributed by atoms with van der Waals surface area (Å²) < 4.78 is 28.3. The predicted molar refractivity (Wildman–Crippen MR) is 90.0 cm³/mol. The quantitative estimate of drug-likeness (QED) is 0.666. The summed E-state index contributed by atoms with van der Waals surface area (Å²) in [6, 6.07) is 9.49. The maximum absolute atomic E-state index is 11.0. The first-order chi connectivity index (χ1) is 11.8. The average Bonchev–Trinajstić information content (AvgIpc) is 2.53. The minimum absolute atomic E-state index is 0.00616. The van der Waals surface area contributed by atoms with Crippen molar-refractivity contribution in [2.45, 2.75) is 50.7 Å². The van der Waals surface area contributed by atoms with Crippen molar-refractivity contribution in [3.63, 3.8) is 0 Å². The molecule has 2 aliphatic heterocycles. The van der Waals surface area contributed by atoms with E-state index in [1.807, 2.05) is 51.1 Å². The van der Waals surface area contributed by atoms with E-state index < -0.39 is 29.9 Å². The Morgan fingerprint density at radius 2 is 2.00 bits per heavy atom. The second-order valence-corrected chi connectivity index (χ2v) is 7.05. The van der Waals surface area contributed by atoms with Crippen LogP contribution in [0.5, 0.6) is 0 Å². The average molecular weight is 348 g/mol. The fourth-order valence-electron chi connectivity index (χ4n) is 2.76. The van der Waals surface area contributed by atoms with Gasteiger partial charge in [0.2, 0.25) is 0 Å². The zero-order chi connectivity index (χ0) is 18.1. The Labute approximate surface area is 147 Å². The minimum atomic E-state index is -1.76. The molecule has 0 amide bonds. The van der Waals surface area contributed by atoms with E-state index in [0.717, 1.165) is 5.56 Å². The molecule has 2 heterocycles. The molecule has 0 spiro atoms. The van der Waals surface area contributed by atoms with Gasteiger partial charge < -0.3 is 28.8 Å². The van der Waals surface area contributed by atoms with Crippen LogP contribution in [0.2, 0.25) is 0 Å². The van der Waals surface area contributed by atoms with Crippen LogP contribution in [-0.4, -0.2) is 35.3 Å². The van der Waals surface area contributed by atoms with Gasteiger partial charge in [0.05, 0.1) is 12.9 Å². The summed E-state index contributed by atoms with van der Waals surface area (Å²) >= 11 is 0. The third-order valence-corrected chi connectivity index (χ3v) is 3.76. The standard InChI is InChI=1S/C19H24O6/c1-13(24-18(2,3)4)25-19(20)10-11-21-15-12-22-17(23-16(15)19)14-8-6-5-7-9-14/h5-11,15-17,20H,1,12H2,2-4H3/t15-,16-,17?,19+/m1/s1. The van der Waals surface area contributed by atoms with Gasteiger partial charge in [0.15, 0.2) is 18.5 Å². The molecule has 0 aromatic heterocycles. The molecular formula is C19H24O6. The SMILES string of the molecule is C=C(OC(C)(C)C)O[C@@]1(O)C=CO[C@@H]2COC(c3ccccc3)O[C@H]21. The number of benzene rings is 1. The third kappa shape index (κ3) is 4.15. The van der Waals surface area contributed by atoms with Gasteiger partial charge in [-0.3, -0.25) is 0 Å². The lowest BCUT2D eigenvalue weighted by Crippen LogP contribution is -2.58. The van der Waals surface area contributed by atoms with Gasteiger partial charge in [0.25, 0.3) is 11.7 Å². The predicted octanol–water partition coefficient (Wildman–Crippen LogP) is 3.00. The zero-order valence-corrected chi connectivity index (χ0v) is 14.7. The van der Waals surface area contributed by atoms with Crippen LogP contribution in [-0.2, 0) is 23.7 Å². The second kappa shape index (κ2) is 6.71. The molecule has 3 rings (SSSR count). The van der Waals surface area contributed by atoms with E-state index in [1.54, 1.807) is 0 Å². The van der Waals surface area contributed by atoms with Crippen LogP contribution in [0.25, 0.3) is 0 Å². The van der Waals surface area contributed by atoms with E-state index >= 15 is 0 Å². The first kappa shape index (κ1) is 17.8. The van der Waals surface area contributed by atoms with Gasteiger partial charge in [-0.25, -0.2) is 0 Å². The van der Waals surface area contributed by atoms with Crippen LogP contribution in [0.4, 0.5) is 0 Å². The van der Waals surface area contributed by atoms with Crippen molar-refractivity contribution < 1.29 is 28.8 Å². The largest absolute Gasteiger partial charge is 0.493 e. The number of hydrogen-bond donors (Lipinski definition) is 1. The van der Waals surface area contributed by atoms with E-state index in [0.29, 0.717) is 0 Å². The lowest BCUT2D eigenvalue weighted by atomic mass is 10.0. The van der Waals surface area contributed by atoms with Crippen molar-refractivity contribution in [2.75, 3.05) is 6.61 Å². The van der Waals surface area contributed by atoms with Gasteiger partial charge in [-0.2, -0.15) is 0 Å². The summed E-state index contributed by atoms with van der Waals surface area (Å²) in [5, 5.41) is 11.0. The van der Waals surface area contributed by atoms with Crippen molar-refractivity contribution in [1.82, 2.24) is 0 Å². The molecule has 0 bridgehead atoms. The summed E-state index contributed by atoms with van der Waals surface area (Å²) in [6.07, 6.45) is 0.846. The van der Waals surface area contributed by atoms with Crippen molar-refractivity contribution in [3.05, 3.63) is 60.8 Å². The molecule has 25 heavy (non-hydrogen) atoms. The molecule has 6 heteroatoms. The number of ether oxygens (including phenoxy) is 5. The maximum atomic E-state index is 11.0. The molecule has 6 nitrogen and oxygen atoms in total. The van der Waals surface area contributed by atoms with Crippen LogP contribution < -0.4 is 0 Å². The van der Waals surface area contributed by atoms with Gasteiger partial charge in [-0.1, -0.05) is 30.3 Å². The normalized spacial score (nSPS) is 31.6. The first-order valence-electron chi connectivity index (χ1n) is 8.21. The molecule has 1 aromatic carbocycles. The maximum Gasteiger partial charge on any atom is 0.274 e. The topological polar surface area (TPSA) is 66.4 Å². The zero-order valence-electron chi connectivity index (χ0n) is 14.7. The van der Waals surface area contributed by atoms with Gasteiger partial charge in [0, 0.05) is 11.6 Å². The molecule has 1 N–H and O–H groups in total. The monoisotopic (exact) mass is 348 g/mol. The molecule has 4 atom stereocenters. The summed E-state index contributed by atoms with van der Waals surface area (Å²) in [7, 11) is 0. The Morgan fingerprint density at radius 3 is 2.68 bits per heavy atom. The summed E-state index contributed by atoms with van der Waals surface area (Å²) in [5.41, 5.74) is 0.354. The number of aliphatic hydroxyl groups is 1. The van der Waals surface area contributed by atoms with E-state index in [9.17, 15) is 5.11 Å². The Balaban J connectivity index is 1.76. The molecule has 2 aliphatic rings. The molecule has 0 saturated carbocycles. The van der Waals surface area contributed by atoms with Crippen LogP contribution in [0.15, 0.2) is 55.2 Å². The van der Waals surface area contributed by atoms with Crippen LogP contribution >= 0.6 is 0 Å². The number of fused-ring (bicyclic) bond motifs is 1. The molecular weight excluding hydrogens is 324 g/mol. The molecule has 1 saturated heterocycles. The molecule has 1 fully saturated rings. The van der Waals surface area contributed by atoms with E-state index in [4.69, 9.17) is 23.7 Å². The second-order valence-electron chi connectivity index (χ2n) is 7.05. The molecule has 1 aromatic rings. The molecule has 0 radical (unpaired) electrons.